The third kappa shape index (κ3) is 6.21. The van der Waals surface area contributed by atoms with Crippen LogP contribution in [0.1, 0.15) is 25.0 Å². The molecule has 0 aliphatic rings. The Morgan fingerprint density at radius 2 is 1.22 bits per heavy atom. The number of ether oxygens (including phenoxy) is 2. The van der Waals surface area contributed by atoms with Crippen LogP contribution in [0.4, 0.5) is 0 Å². The normalized spacial score (nSPS) is 13.9. The molecule has 0 aliphatic carbocycles. The van der Waals surface area contributed by atoms with Crippen LogP contribution in [0.5, 0.6) is 11.5 Å². The third-order valence-electron chi connectivity index (χ3n) is 4.43. The highest BCUT2D eigenvalue weighted by atomic mass is 79.9. The van der Waals surface area contributed by atoms with Crippen molar-refractivity contribution in [3.05, 3.63) is 59.7 Å². The molecular formula is C21H27BrO5. The van der Waals surface area contributed by atoms with E-state index in [9.17, 15) is 10.2 Å². The number of hydrogen-bond donors (Lipinski definition) is 3. The molecule has 0 unspecified atom stereocenters. The van der Waals surface area contributed by atoms with Crippen molar-refractivity contribution in [2.24, 2.45) is 0 Å². The Bertz CT molecular complexity index is 625. The minimum atomic E-state index is -0.877. The van der Waals surface area contributed by atoms with Crippen molar-refractivity contribution in [1.82, 2.24) is 0 Å². The summed E-state index contributed by atoms with van der Waals surface area (Å²) >= 11 is 3.21. The molecule has 3 N–H and O–H groups in total. The summed E-state index contributed by atoms with van der Waals surface area (Å²) in [5, 5.41) is 28.2. The van der Waals surface area contributed by atoms with Crippen molar-refractivity contribution in [1.29, 1.82) is 0 Å². The van der Waals surface area contributed by atoms with Crippen molar-refractivity contribution in [2.75, 3.05) is 25.2 Å². The van der Waals surface area contributed by atoms with E-state index in [0.717, 1.165) is 16.9 Å². The maximum atomic E-state index is 9.55. The SMILES string of the molecule is CC(C)(c1ccc(OC[C@H](O)CO)cc1)c1ccc(OC[C@@H](O)CBr)cc1. The average Bonchev–Trinajstić information content (AvgIpc) is 2.70. The molecule has 2 atom stereocenters. The van der Waals surface area contributed by atoms with E-state index in [-0.39, 0.29) is 25.2 Å². The highest BCUT2D eigenvalue weighted by Gasteiger charge is 2.23. The van der Waals surface area contributed by atoms with Gasteiger partial charge in [-0.2, -0.15) is 0 Å². The number of benzene rings is 2. The summed E-state index contributed by atoms with van der Waals surface area (Å²) in [5.41, 5.74) is 2.05. The van der Waals surface area contributed by atoms with Gasteiger partial charge in [-0.15, -0.1) is 0 Å². The monoisotopic (exact) mass is 438 g/mol. The molecule has 0 radical (unpaired) electrons. The molecule has 0 saturated heterocycles. The predicted molar refractivity (Wildman–Crippen MR) is 109 cm³/mol. The number of alkyl halides is 1. The van der Waals surface area contributed by atoms with E-state index < -0.39 is 12.2 Å². The molecule has 27 heavy (non-hydrogen) atoms. The van der Waals surface area contributed by atoms with E-state index in [0.29, 0.717) is 11.1 Å². The van der Waals surface area contributed by atoms with Gasteiger partial charge in [-0.25, -0.2) is 0 Å². The lowest BCUT2D eigenvalue weighted by Gasteiger charge is -2.26. The molecule has 2 aromatic rings. The van der Waals surface area contributed by atoms with Crippen molar-refractivity contribution in [2.45, 2.75) is 31.5 Å². The minimum absolute atomic E-state index is 0.0600. The van der Waals surface area contributed by atoms with Crippen LogP contribution in [0.25, 0.3) is 0 Å². The topological polar surface area (TPSA) is 79.2 Å². The standard InChI is InChI=1S/C21H27BrO5/c1-21(2,15-3-7-19(8-4-15)26-13-17(24)11-22)16-5-9-20(10-6-16)27-14-18(25)12-23/h3-10,17-18,23-25H,11-14H2,1-2H3/t17-,18+/m0/s1. The van der Waals surface area contributed by atoms with Gasteiger partial charge in [0.1, 0.15) is 30.8 Å². The highest BCUT2D eigenvalue weighted by molar-refractivity contribution is 9.09. The van der Waals surface area contributed by atoms with Crippen LogP contribution in [-0.2, 0) is 5.41 Å². The summed E-state index contributed by atoms with van der Waals surface area (Å²) in [7, 11) is 0. The molecule has 2 rings (SSSR count). The second-order valence-corrected chi connectivity index (χ2v) is 7.59. The maximum absolute atomic E-state index is 9.55. The highest BCUT2D eigenvalue weighted by Crippen LogP contribution is 2.33. The minimum Gasteiger partial charge on any atom is -0.491 e. The van der Waals surface area contributed by atoms with Gasteiger partial charge in [-0.3, -0.25) is 0 Å². The number of rotatable bonds is 10. The van der Waals surface area contributed by atoms with Gasteiger partial charge in [0.25, 0.3) is 0 Å². The summed E-state index contributed by atoms with van der Waals surface area (Å²) in [4.78, 5) is 0. The second-order valence-electron chi connectivity index (χ2n) is 6.94. The first kappa shape index (κ1) is 21.7. The first-order valence-electron chi connectivity index (χ1n) is 8.86. The first-order valence-corrected chi connectivity index (χ1v) is 9.98. The summed E-state index contributed by atoms with van der Waals surface area (Å²) in [6.07, 6.45) is -1.40. The molecule has 0 spiro atoms. The molecule has 0 aliphatic heterocycles. The van der Waals surface area contributed by atoms with Crippen molar-refractivity contribution in [3.63, 3.8) is 0 Å². The summed E-state index contributed by atoms with van der Waals surface area (Å²) in [6.45, 7) is 4.27. The molecule has 0 heterocycles. The molecule has 0 fully saturated rings. The van der Waals surface area contributed by atoms with E-state index in [4.69, 9.17) is 14.6 Å². The Morgan fingerprint density at radius 1 is 0.815 bits per heavy atom. The predicted octanol–water partition coefficient (Wildman–Crippen LogP) is 2.88. The fraction of sp³-hybridized carbons (Fsp3) is 0.429. The fourth-order valence-electron chi connectivity index (χ4n) is 2.58. The van der Waals surface area contributed by atoms with Gasteiger partial charge in [-0.05, 0) is 35.4 Å². The molecule has 6 heteroatoms. The second kappa shape index (κ2) is 10.1. The van der Waals surface area contributed by atoms with Crippen LogP contribution < -0.4 is 9.47 Å². The summed E-state index contributed by atoms with van der Waals surface area (Å²) in [5.74, 6) is 1.37. The Labute approximate surface area is 168 Å². The Balaban J connectivity index is 2.04. The van der Waals surface area contributed by atoms with E-state index in [1.165, 1.54) is 0 Å². The molecule has 0 amide bonds. The lowest BCUT2D eigenvalue weighted by atomic mass is 9.78. The smallest absolute Gasteiger partial charge is 0.119 e. The van der Waals surface area contributed by atoms with E-state index >= 15 is 0 Å². The zero-order valence-electron chi connectivity index (χ0n) is 15.6. The van der Waals surface area contributed by atoms with Gasteiger partial charge in [0, 0.05) is 10.7 Å². The maximum Gasteiger partial charge on any atom is 0.119 e. The average molecular weight is 439 g/mol. The third-order valence-corrected chi connectivity index (χ3v) is 5.17. The molecule has 0 bridgehead atoms. The van der Waals surface area contributed by atoms with Gasteiger partial charge in [0.2, 0.25) is 0 Å². The van der Waals surface area contributed by atoms with E-state index in [2.05, 4.69) is 29.8 Å². The number of hydrogen-bond acceptors (Lipinski definition) is 5. The fourth-order valence-corrected chi connectivity index (χ4v) is 2.77. The van der Waals surface area contributed by atoms with Gasteiger partial charge in [0.15, 0.2) is 0 Å². The van der Waals surface area contributed by atoms with Crippen molar-refractivity contribution < 1.29 is 24.8 Å². The number of halogens is 1. The summed E-state index contributed by atoms with van der Waals surface area (Å²) < 4.78 is 11.0. The van der Waals surface area contributed by atoms with E-state index in [1.54, 1.807) is 0 Å². The lowest BCUT2D eigenvalue weighted by molar-refractivity contribution is 0.0536. The molecule has 0 aromatic heterocycles. The Kier molecular flexibility index (Phi) is 8.10. The van der Waals surface area contributed by atoms with Crippen LogP contribution in [0, 0.1) is 0 Å². The van der Waals surface area contributed by atoms with Crippen LogP contribution >= 0.6 is 15.9 Å². The molecule has 148 valence electrons. The van der Waals surface area contributed by atoms with Gasteiger partial charge in [0.05, 0.1) is 12.7 Å². The quantitative estimate of drug-likeness (QED) is 0.497. The Hall–Kier alpha value is -1.60. The first-order chi connectivity index (χ1) is 12.9. The van der Waals surface area contributed by atoms with Crippen LogP contribution in [0.3, 0.4) is 0 Å². The largest absolute Gasteiger partial charge is 0.491 e. The zero-order valence-corrected chi connectivity index (χ0v) is 17.2. The van der Waals surface area contributed by atoms with Gasteiger partial charge < -0.3 is 24.8 Å². The lowest BCUT2D eigenvalue weighted by Crippen LogP contribution is -2.21. The number of aliphatic hydroxyl groups excluding tert-OH is 3. The Morgan fingerprint density at radius 3 is 1.59 bits per heavy atom. The molecule has 2 aromatic carbocycles. The zero-order chi connectivity index (χ0) is 19.9. The van der Waals surface area contributed by atoms with Crippen molar-refractivity contribution in [3.8, 4) is 11.5 Å². The number of aliphatic hydroxyl groups is 3. The van der Waals surface area contributed by atoms with Crippen LogP contribution in [-0.4, -0.2) is 52.7 Å². The van der Waals surface area contributed by atoms with Crippen molar-refractivity contribution >= 4 is 15.9 Å². The summed E-state index contributed by atoms with van der Waals surface area (Å²) in [6, 6.07) is 15.6. The molecule has 5 nitrogen and oxygen atoms in total. The van der Waals surface area contributed by atoms with Gasteiger partial charge >= 0.3 is 0 Å². The van der Waals surface area contributed by atoms with Crippen LogP contribution in [0.15, 0.2) is 48.5 Å². The molecular weight excluding hydrogens is 412 g/mol. The van der Waals surface area contributed by atoms with Crippen LogP contribution in [0.2, 0.25) is 0 Å². The van der Waals surface area contributed by atoms with Gasteiger partial charge in [-0.1, -0.05) is 54.0 Å². The van der Waals surface area contributed by atoms with E-state index in [1.807, 2.05) is 48.5 Å². The molecule has 0 saturated carbocycles.